The molecule has 6 aromatic rings. The summed E-state index contributed by atoms with van der Waals surface area (Å²) in [5.74, 6) is -0.732. The van der Waals surface area contributed by atoms with Crippen LogP contribution in [0.25, 0.3) is 38.8 Å². The number of urea groups is 1. The fourth-order valence-corrected chi connectivity index (χ4v) is 12.2. The largest absolute Gasteiger partial charge is 0.385 e. The number of unbranched alkanes of at least 4 members (excludes halogenated alkanes) is 4. The molecule has 10 heteroatoms. The molecule has 1 aromatic heterocycles. The minimum atomic E-state index is -0.879. The first-order valence-corrected chi connectivity index (χ1v) is 26.6. The summed E-state index contributed by atoms with van der Waals surface area (Å²) in [5, 5.41) is 1.29. The van der Waals surface area contributed by atoms with Gasteiger partial charge in [0.2, 0.25) is 0 Å². The number of benzene rings is 5. The van der Waals surface area contributed by atoms with Crippen LogP contribution >= 0.6 is 11.3 Å². The number of imide groups is 1. The average Bonchev–Trinajstić information content (AvgIpc) is 4.11. The van der Waals surface area contributed by atoms with Crippen LogP contribution in [0.4, 0.5) is 21.9 Å². The third kappa shape index (κ3) is 8.94. The maximum absolute atomic E-state index is 13.4. The summed E-state index contributed by atoms with van der Waals surface area (Å²) in [7, 11) is 0. The smallest absolute Gasteiger partial charge is 0.310 e. The van der Waals surface area contributed by atoms with Crippen molar-refractivity contribution in [2.24, 2.45) is 0 Å². The van der Waals surface area contributed by atoms with Gasteiger partial charge in [0.1, 0.15) is 5.70 Å². The highest BCUT2D eigenvalue weighted by Gasteiger charge is 2.47. The molecule has 2 heterocycles. The van der Waals surface area contributed by atoms with E-state index < -0.39 is 11.9 Å². The Morgan fingerprint density at radius 2 is 0.971 bits per heavy atom. The van der Waals surface area contributed by atoms with Crippen molar-refractivity contribution in [3.8, 4) is 32.7 Å². The van der Waals surface area contributed by atoms with E-state index in [1.54, 1.807) is 19.9 Å². The molecule has 1 fully saturated rings. The van der Waals surface area contributed by atoms with Gasteiger partial charge in [0.15, 0.2) is 0 Å². The molecule has 0 N–H and O–H groups in total. The van der Waals surface area contributed by atoms with Crippen molar-refractivity contribution in [2.45, 2.75) is 129 Å². The van der Waals surface area contributed by atoms with Gasteiger partial charge in [-0.25, -0.2) is 14.6 Å². The molecule has 0 atom stereocenters. The van der Waals surface area contributed by atoms with Crippen LogP contribution in [0.5, 0.6) is 0 Å². The minimum absolute atomic E-state index is 0.0537. The second-order valence-electron chi connectivity index (χ2n) is 18.9. The number of carbonyl (C=O) groups excluding carboxylic acids is 2. The quantitative estimate of drug-likeness (QED) is 0.0274. The normalized spacial score (nSPS) is 15.7. The third-order valence-electron chi connectivity index (χ3n) is 14.6. The van der Waals surface area contributed by atoms with Crippen molar-refractivity contribution in [1.82, 2.24) is 10.1 Å². The Morgan fingerprint density at radius 3 is 1.46 bits per heavy atom. The monoisotopic (exact) mass is 957 g/mol. The molecule has 0 spiro atoms. The van der Waals surface area contributed by atoms with Crippen LogP contribution in [0, 0.1) is 0 Å². The van der Waals surface area contributed by atoms with E-state index in [9.17, 15) is 9.59 Å². The van der Waals surface area contributed by atoms with Gasteiger partial charge in [0, 0.05) is 37.6 Å². The van der Waals surface area contributed by atoms with Gasteiger partial charge < -0.3 is 4.90 Å². The van der Waals surface area contributed by atoms with E-state index in [0.717, 1.165) is 88.8 Å². The molecule has 364 valence electrons. The lowest BCUT2D eigenvalue weighted by molar-refractivity contribution is -0.407. The van der Waals surface area contributed by atoms with E-state index in [-0.39, 0.29) is 29.7 Å². The molecule has 0 unspecified atom stereocenters. The molecule has 0 bridgehead atoms. The van der Waals surface area contributed by atoms with Crippen LogP contribution in [-0.4, -0.2) is 35.3 Å². The van der Waals surface area contributed by atoms with E-state index in [0.29, 0.717) is 5.06 Å². The third-order valence-corrected chi connectivity index (χ3v) is 15.7. The number of carbonyl (C=O) groups is 2. The number of fused-ring (bicyclic) bond motifs is 6. The summed E-state index contributed by atoms with van der Waals surface area (Å²) in [5.41, 5.74) is 15.6. The van der Waals surface area contributed by atoms with Gasteiger partial charge in [0.05, 0.1) is 13.2 Å². The van der Waals surface area contributed by atoms with Gasteiger partial charge in [-0.3, -0.25) is 4.79 Å². The van der Waals surface area contributed by atoms with Crippen LogP contribution in [0.15, 0.2) is 127 Å². The predicted molar refractivity (Wildman–Crippen MR) is 282 cm³/mol. The molecular formula is C60H67N3O6S. The summed E-state index contributed by atoms with van der Waals surface area (Å²) in [4.78, 5) is 50.9. The van der Waals surface area contributed by atoms with Crippen LogP contribution in [0.3, 0.4) is 0 Å². The number of nitrogens with zero attached hydrogens (tertiary/aromatic N) is 3. The maximum atomic E-state index is 13.4. The molecule has 0 saturated carbocycles. The summed E-state index contributed by atoms with van der Waals surface area (Å²) >= 11 is 1.50. The van der Waals surface area contributed by atoms with Gasteiger partial charge in [-0.1, -0.05) is 162 Å². The Hall–Kier alpha value is -5.88. The zero-order chi connectivity index (χ0) is 48.8. The number of rotatable bonds is 23. The lowest BCUT2D eigenvalue weighted by Crippen LogP contribution is -2.33. The lowest BCUT2D eigenvalue weighted by atomic mass is 9.70. The van der Waals surface area contributed by atoms with Crippen molar-refractivity contribution in [1.29, 1.82) is 0 Å². The van der Waals surface area contributed by atoms with Crippen molar-refractivity contribution >= 4 is 46.4 Å². The first-order chi connectivity index (χ1) is 34.3. The average molecular weight is 958 g/mol. The first kappa shape index (κ1) is 49.1. The van der Waals surface area contributed by atoms with Crippen molar-refractivity contribution in [3.05, 3.63) is 154 Å². The van der Waals surface area contributed by atoms with Crippen LogP contribution in [0.2, 0.25) is 0 Å². The molecular weight excluding hydrogens is 891 g/mol. The molecule has 3 amide bonds. The highest BCUT2D eigenvalue weighted by Crippen LogP contribution is 2.58. The Morgan fingerprint density at radius 1 is 0.514 bits per heavy atom. The number of thiophene rings is 1. The zero-order valence-corrected chi connectivity index (χ0v) is 42.5. The molecule has 1 saturated heterocycles. The highest BCUT2D eigenvalue weighted by atomic mass is 32.1. The SMILES string of the molecule is CCCCC1(CCCC)c2ccccc2-c2ccc(N(c3ccc(-c4ccc(/C=C5\C(=O)N(OOCC)C(=O)N5OOCC)s4)cc3)c3ccc4c(c3)C(CCCC)(CCCC)c3ccccc3-4)cc21. The number of anilines is 3. The van der Waals surface area contributed by atoms with Crippen molar-refractivity contribution in [2.75, 3.05) is 18.1 Å². The van der Waals surface area contributed by atoms with Crippen LogP contribution in [0.1, 0.15) is 146 Å². The van der Waals surface area contributed by atoms with Crippen LogP contribution < -0.4 is 4.90 Å². The van der Waals surface area contributed by atoms with Crippen LogP contribution in [-0.2, 0) is 35.4 Å². The Labute approximate surface area is 418 Å². The Kier molecular flexibility index (Phi) is 15.2. The second kappa shape index (κ2) is 21.6. The van der Waals surface area contributed by atoms with Gasteiger partial charge in [0.25, 0.3) is 0 Å². The van der Waals surface area contributed by atoms with E-state index in [4.69, 9.17) is 19.8 Å². The topological polar surface area (TPSA) is 80.8 Å². The number of hydroxylamine groups is 4. The standard InChI is InChI=1S/C60H67N3O6S/c1-7-13-35-59(36-14-8-2)51-23-19-17-21-47(51)49-32-29-44(39-53(49)59)61(45-30-33-50-48-22-18-20-24-52(48)60(37-15-9-3,38-16-10-4)54(50)40-45)43-27-25-42(26-28-43)56-34-31-46(70-56)41-55-57(64)63(69-67-12-6)58(65)62(55)68-66-11-5/h17-34,39-41H,7-16,35-38H2,1-6H3/b55-41+. The molecule has 9 rings (SSSR count). The van der Waals surface area contributed by atoms with Crippen molar-refractivity contribution < 1.29 is 29.3 Å². The molecule has 2 aliphatic carbocycles. The maximum Gasteiger partial charge on any atom is 0.385 e. The first-order valence-electron chi connectivity index (χ1n) is 25.8. The number of hydrogen-bond donors (Lipinski definition) is 0. The van der Waals surface area contributed by atoms with Gasteiger partial charge in [-0.2, -0.15) is 0 Å². The molecule has 1 aliphatic heterocycles. The molecule has 0 radical (unpaired) electrons. The Bertz CT molecular complexity index is 2710. The molecule has 9 nitrogen and oxygen atoms in total. The van der Waals surface area contributed by atoms with E-state index in [2.05, 4.69) is 142 Å². The summed E-state index contributed by atoms with van der Waals surface area (Å²) < 4.78 is 0. The molecule has 5 aromatic carbocycles. The number of amides is 3. The fourth-order valence-electron chi connectivity index (χ4n) is 11.3. The minimum Gasteiger partial charge on any atom is -0.310 e. The van der Waals surface area contributed by atoms with Gasteiger partial charge in [-0.05, 0) is 144 Å². The number of hydrogen-bond acceptors (Lipinski definition) is 8. The summed E-state index contributed by atoms with van der Waals surface area (Å²) in [6.07, 6.45) is 15.4. The van der Waals surface area contributed by atoms with Gasteiger partial charge >= 0.3 is 11.9 Å². The van der Waals surface area contributed by atoms with Crippen molar-refractivity contribution in [3.63, 3.8) is 0 Å². The highest BCUT2D eigenvalue weighted by molar-refractivity contribution is 7.16. The van der Waals surface area contributed by atoms with Gasteiger partial charge in [-0.15, -0.1) is 21.4 Å². The summed E-state index contributed by atoms with van der Waals surface area (Å²) in [6.45, 7) is 13.0. The van der Waals surface area contributed by atoms with E-state index >= 15 is 0 Å². The zero-order valence-electron chi connectivity index (χ0n) is 41.7. The summed E-state index contributed by atoms with van der Waals surface area (Å²) in [6, 6.07) is 44.8. The molecule has 3 aliphatic rings. The second-order valence-corrected chi connectivity index (χ2v) is 20.0. The fraction of sp³-hybridized carbons (Fsp3) is 0.367. The lowest BCUT2D eigenvalue weighted by Gasteiger charge is -2.35. The van der Waals surface area contributed by atoms with E-state index in [1.807, 2.05) is 12.1 Å². The van der Waals surface area contributed by atoms with E-state index in [1.165, 1.54) is 81.5 Å². The Balaban J connectivity index is 1.15. The predicted octanol–water partition coefficient (Wildman–Crippen LogP) is 16.5. The molecule has 70 heavy (non-hydrogen) atoms.